The Kier molecular flexibility index (Phi) is 6.38. The first-order valence-corrected chi connectivity index (χ1v) is 8.99. The predicted octanol–water partition coefficient (Wildman–Crippen LogP) is 2.15. The molecular formula is C11H18ClN3O2S2. The number of hydrogen-bond donors (Lipinski definition) is 1. The van der Waals surface area contributed by atoms with E-state index in [9.17, 15) is 8.42 Å². The molecule has 0 aliphatic heterocycles. The van der Waals surface area contributed by atoms with E-state index >= 15 is 0 Å². The molecule has 108 valence electrons. The van der Waals surface area contributed by atoms with Gasteiger partial charge in [-0.1, -0.05) is 11.6 Å². The van der Waals surface area contributed by atoms with Crippen molar-refractivity contribution in [3.63, 3.8) is 0 Å². The van der Waals surface area contributed by atoms with E-state index in [-0.39, 0.29) is 4.90 Å². The van der Waals surface area contributed by atoms with E-state index in [4.69, 9.17) is 11.6 Å². The molecule has 0 saturated heterocycles. The average molecular weight is 324 g/mol. The minimum absolute atomic E-state index is 0.114. The predicted molar refractivity (Wildman–Crippen MR) is 81.6 cm³/mol. The Bertz CT molecular complexity index is 523. The molecule has 0 aliphatic rings. The molecule has 1 N–H and O–H groups in total. The maximum absolute atomic E-state index is 12.3. The van der Waals surface area contributed by atoms with Crippen molar-refractivity contribution in [2.45, 2.75) is 11.8 Å². The van der Waals surface area contributed by atoms with Crippen LogP contribution in [-0.4, -0.2) is 49.9 Å². The second-order valence-corrected chi connectivity index (χ2v) is 7.29. The summed E-state index contributed by atoms with van der Waals surface area (Å²) >= 11 is 7.61. The first-order valence-electron chi connectivity index (χ1n) is 5.78. The minimum Gasteiger partial charge on any atom is -0.369 e. The van der Waals surface area contributed by atoms with Gasteiger partial charge in [-0.3, -0.25) is 0 Å². The second-order valence-electron chi connectivity index (χ2n) is 3.85. The lowest BCUT2D eigenvalue weighted by molar-refractivity contribution is 0.488. The summed E-state index contributed by atoms with van der Waals surface area (Å²) in [7, 11) is -1.97. The largest absolute Gasteiger partial charge is 0.369 e. The first kappa shape index (κ1) is 16.6. The van der Waals surface area contributed by atoms with Crippen LogP contribution in [0.2, 0.25) is 5.02 Å². The number of aromatic nitrogens is 1. The minimum atomic E-state index is -3.52. The third-order valence-corrected chi connectivity index (χ3v) is 5.18. The molecule has 0 fully saturated rings. The van der Waals surface area contributed by atoms with Crippen LogP contribution in [0.3, 0.4) is 0 Å². The quantitative estimate of drug-likeness (QED) is 0.833. The molecule has 8 heteroatoms. The molecule has 0 unspecified atom stereocenters. The molecule has 1 rings (SSSR count). The molecule has 0 aromatic carbocycles. The molecule has 0 radical (unpaired) electrons. The number of sulfonamides is 1. The zero-order valence-corrected chi connectivity index (χ0v) is 13.6. The molecular weight excluding hydrogens is 306 g/mol. The summed E-state index contributed by atoms with van der Waals surface area (Å²) in [5.41, 5.74) is 0. The van der Waals surface area contributed by atoms with Crippen molar-refractivity contribution in [1.82, 2.24) is 9.29 Å². The summed E-state index contributed by atoms with van der Waals surface area (Å²) in [5, 5.41) is 3.27. The maximum Gasteiger partial charge on any atom is 0.244 e. The number of hydrogen-bond acceptors (Lipinski definition) is 5. The van der Waals surface area contributed by atoms with Gasteiger partial charge in [0.2, 0.25) is 10.0 Å². The van der Waals surface area contributed by atoms with Gasteiger partial charge in [0.05, 0.1) is 5.02 Å². The standard InChI is InChI=1S/C11H18ClN3O2S2/c1-4-13-11-10(12)7-9(8-14-11)19(16,17)15(2)5-6-18-3/h7-8H,4-6H2,1-3H3,(H,13,14). The number of thioether (sulfide) groups is 1. The third-order valence-electron chi connectivity index (χ3n) is 2.48. The van der Waals surface area contributed by atoms with Crippen LogP contribution in [0, 0.1) is 0 Å². The van der Waals surface area contributed by atoms with Crippen molar-refractivity contribution in [1.29, 1.82) is 0 Å². The van der Waals surface area contributed by atoms with Gasteiger partial charge in [-0.25, -0.2) is 17.7 Å². The van der Waals surface area contributed by atoms with E-state index < -0.39 is 10.0 Å². The zero-order chi connectivity index (χ0) is 14.5. The van der Waals surface area contributed by atoms with E-state index in [0.717, 1.165) is 5.75 Å². The van der Waals surface area contributed by atoms with Crippen LogP contribution < -0.4 is 5.32 Å². The monoisotopic (exact) mass is 323 g/mol. The molecule has 1 aromatic rings. The highest BCUT2D eigenvalue weighted by Gasteiger charge is 2.21. The summed E-state index contributed by atoms with van der Waals surface area (Å²) in [6, 6.07) is 1.43. The fourth-order valence-electron chi connectivity index (χ4n) is 1.38. The molecule has 0 saturated carbocycles. The number of nitrogens with one attached hydrogen (secondary N) is 1. The van der Waals surface area contributed by atoms with Gasteiger partial charge in [0.15, 0.2) is 0 Å². The average Bonchev–Trinajstić information content (AvgIpc) is 2.38. The van der Waals surface area contributed by atoms with Crippen LogP contribution in [0.5, 0.6) is 0 Å². The summed E-state index contributed by atoms with van der Waals surface area (Å²) in [4.78, 5) is 4.16. The Morgan fingerprint density at radius 1 is 1.53 bits per heavy atom. The molecule has 1 heterocycles. The van der Waals surface area contributed by atoms with E-state index in [1.165, 1.54) is 16.6 Å². The van der Waals surface area contributed by atoms with Gasteiger partial charge in [-0.05, 0) is 19.2 Å². The van der Waals surface area contributed by atoms with E-state index in [1.807, 2.05) is 13.2 Å². The molecule has 0 aliphatic carbocycles. The number of rotatable bonds is 7. The number of halogens is 1. The SMILES string of the molecule is CCNc1ncc(S(=O)(=O)N(C)CCSC)cc1Cl. The Morgan fingerprint density at radius 2 is 2.21 bits per heavy atom. The van der Waals surface area contributed by atoms with E-state index in [1.54, 1.807) is 18.8 Å². The normalized spacial score (nSPS) is 11.8. The van der Waals surface area contributed by atoms with Crippen molar-refractivity contribution < 1.29 is 8.42 Å². The highest BCUT2D eigenvalue weighted by atomic mass is 35.5. The summed E-state index contributed by atoms with van der Waals surface area (Å²) in [6.07, 6.45) is 3.26. The first-order chi connectivity index (χ1) is 8.93. The van der Waals surface area contributed by atoms with Crippen molar-refractivity contribution in [3.05, 3.63) is 17.3 Å². The fourth-order valence-corrected chi connectivity index (χ4v) is 3.39. The summed E-state index contributed by atoms with van der Waals surface area (Å²) < 4.78 is 25.8. The highest BCUT2D eigenvalue weighted by Crippen LogP contribution is 2.24. The molecule has 0 spiro atoms. The van der Waals surface area contributed by atoms with Gasteiger partial charge in [-0.15, -0.1) is 0 Å². The van der Waals surface area contributed by atoms with Crippen molar-refractivity contribution in [2.75, 3.05) is 37.5 Å². The lowest BCUT2D eigenvalue weighted by atomic mass is 10.4. The van der Waals surface area contributed by atoms with Crippen molar-refractivity contribution in [3.8, 4) is 0 Å². The highest BCUT2D eigenvalue weighted by molar-refractivity contribution is 7.98. The molecule has 0 bridgehead atoms. The van der Waals surface area contributed by atoms with Crippen LogP contribution in [0.4, 0.5) is 5.82 Å². The third kappa shape index (κ3) is 4.24. The Labute approximate surface area is 123 Å². The van der Waals surface area contributed by atoms with Gasteiger partial charge < -0.3 is 5.32 Å². The van der Waals surface area contributed by atoms with Gasteiger partial charge >= 0.3 is 0 Å². The van der Waals surface area contributed by atoms with Gasteiger partial charge in [-0.2, -0.15) is 11.8 Å². The van der Waals surface area contributed by atoms with E-state index in [2.05, 4.69) is 10.3 Å². The van der Waals surface area contributed by atoms with Crippen LogP contribution in [-0.2, 0) is 10.0 Å². The number of pyridine rings is 1. The molecule has 1 aromatic heterocycles. The molecule has 0 atom stereocenters. The van der Waals surface area contributed by atoms with E-state index in [0.29, 0.717) is 23.9 Å². The molecule has 0 amide bonds. The Morgan fingerprint density at radius 3 is 2.74 bits per heavy atom. The van der Waals surface area contributed by atoms with Crippen molar-refractivity contribution >= 4 is 39.2 Å². The summed E-state index contributed by atoms with van der Waals surface area (Å²) in [6.45, 7) is 3.04. The zero-order valence-electron chi connectivity index (χ0n) is 11.2. The number of anilines is 1. The van der Waals surface area contributed by atoms with Crippen LogP contribution in [0.1, 0.15) is 6.92 Å². The van der Waals surface area contributed by atoms with Gasteiger partial charge in [0.1, 0.15) is 10.7 Å². The van der Waals surface area contributed by atoms with Crippen LogP contribution in [0.15, 0.2) is 17.2 Å². The maximum atomic E-state index is 12.3. The Balaban J connectivity index is 2.99. The Hall–Kier alpha value is -0.500. The fraction of sp³-hybridized carbons (Fsp3) is 0.545. The molecule has 5 nitrogen and oxygen atoms in total. The topological polar surface area (TPSA) is 62.3 Å². The van der Waals surface area contributed by atoms with Crippen molar-refractivity contribution in [2.24, 2.45) is 0 Å². The molecule has 19 heavy (non-hydrogen) atoms. The van der Waals surface area contributed by atoms with Gasteiger partial charge in [0.25, 0.3) is 0 Å². The summed E-state index contributed by atoms with van der Waals surface area (Å²) in [5.74, 6) is 1.24. The van der Waals surface area contributed by atoms with Crippen LogP contribution in [0.25, 0.3) is 0 Å². The second kappa shape index (κ2) is 7.33. The lowest BCUT2D eigenvalue weighted by Gasteiger charge is -2.17. The van der Waals surface area contributed by atoms with Crippen LogP contribution >= 0.6 is 23.4 Å². The smallest absolute Gasteiger partial charge is 0.244 e. The van der Waals surface area contributed by atoms with Gasteiger partial charge in [0, 0.05) is 32.1 Å². The number of nitrogens with zero attached hydrogens (tertiary/aromatic N) is 2. The lowest BCUT2D eigenvalue weighted by Crippen LogP contribution is -2.29.